The van der Waals surface area contributed by atoms with E-state index in [0.29, 0.717) is 25.0 Å². The normalized spacial score (nSPS) is 10.0. The molecule has 0 saturated carbocycles. The number of hydrogen-bond donors (Lipinski definition) is 0. The molecule has 15 heavy (non-hydrogen) atoms. The van der Waals surface area contributed by atoms with E-state index in [2.05, 4.69) is 0 Å². The maximum absolute atomic E-state index is 11.4. The van der Waals surface area contributed by atoms with Crippen LogP contribution < -0.4 is 10.2 Å². The van der Waals surface area contributed by atoms with Gasteiger partial charge in [-0.3, -0.25) is 9.59 Å². The first-order chi connectivity index (χ1) is 7.19. The maximum Gasteiger partial charge on any atom is 0.311 e. The molecule has 0 fully saturated rings. The lowest BCUT2D eigenvalue weighted by atomic mass is 10.3. The average Bonchev–Trinajstić information content (AvgIpc) is 2.21. The molecule has 0 spiro atoms. The molecule has 1 heterocycles. The number of carbonyl (C=O) groups is 1. The van der Waals surface area contributed by atoms with Crippen LogP contribution in [0.4, 0.5) is 0 Å². The Hall–Kier alpha value is -1.58. The molecule has 0 aliphatic heterocycles. The van der Waals surface area contributed by atoms with Gasteiger partial charge < -0.3 is 9.15 Å². The Balaban J connectivity index is 2.92. The molecule has 0 amide bonds. The van der Waals surface area contributed by atoms with Gasteiger partial charge in [0.05, 0.1) is 6.26 Å². The first-order valence-corrected chi connectivity index (χ1v) is 5.00. The minimum atomic E-state index is -0.397. The van der Waals surface area contributed by atoms with Crippen LogP contribution in [0.2, 0.25) is 0 Å². The van der Waals surface area contributed by atoms with Crippen molar-refractivity contribution < 1.29 is 13.9 Å². The van der Waals surface area contributed by atoms with Crippen molar-refractivity contribution in [3.05, 3.63) is 28.3 Å². The Labute approximate surface area is 87.9 Å². The Kier molecular flexibility index (Phi) is 4.09. The van der Waals surface area contributed by atoms with Crippen LogP contribution in [-0.2, 0) is 11.2 Å². The highest BCUT2D eigenvalue weighted by Crippen LogP contribution is 2.13. The molecule has 0 aliphatic rings. The summed E-state index contributed by atoms with van der Waals surface area (Å²) in [5.41, 5.74) is -0.317. The predicted octanol–water partition coefficient (Wildman–Crippen LogP) is 1.91. The van der Waals surface area contributed by atoms with E-state index in [0.717, 1.165) is 0 Å². The van der Waals surface area contributed by atoms with E-state index >= 15 is 0 Å². The minimum Gasteiger partial charge on any atom is -0.465 e. The number of hydrogen-bond acceptors (Lipinski definition) is 4. The van der Waals surface area contributed by atoms with Gasteiger partial charge in [-0.2, -0.15) is 0 Å². The molecule has 0 atom stereocenters. The zero-order valence-electron chi connectivity index (χ0n) is 8.91. The molecule has 0 bridgehead atoms. The maximum atomic E-state index is 11.4. The fourth-order valence-electron chi connectivity index (χ4n) is 1.16. The van der Waals surface area contributed by atoms with Crippen molar-refractivity contribution in [2.24, 2.45) is 0 Å². The summed E-state index contributed by atoms with van der Waals surface area (Å²) >= 11 is 0. The largest absolute Gasteiger partial charge is 0.465 e. The molecule has 0 aliphatic carbocycles. The zero-order chi connectivity index (χ0) is 11.3. The van der Waals surface area contributed by atoms with Crippen LogP contribution in [0.5, 0.6) is 5.75 Å². The van der Waals surface area contributed by atoms with Gasteiger partial charge in [-0.25, -0.2) is 0 Å². The molecular formula is C11H14O4. The van der Waals surface area contributed by atoms with E-state index in [4.69, 9.17) is 9.15 Å². The predicted molar refractivity (Wildman–Crippen MR) is 54.9 cm³/mol. The summed E-state index contributed by atoms with van der Waals surface area (Å²) in [5, 5.41) is 0. The van der Waals surface area contributed by atoms with Gasteiger partial charge in [0.1, 0.15) is 5.76 Å². The molecule has 1 aromatic heterocycles. The number of carbonyl (C=O) groups excluding carboxylic acids is 1. The van der Waals surface area contributed by atoms with Crippen LogP contribution in [-0.4, -0.2) is 5.97 Å². The third-order valence-corrected chi connectivity index (χ3v) is 1.90. The van der Waals surface area contributed by atoms with Crippen molar-refractivity contribution in [1.82, 2.24) is 0 Å². The van der Waals surface area contributed by atoms with Crippen molar-refractivity contribution in [2.45, 2.75) is 33.1 Å². The van der Waals surface area contributed by atoms with Gasteiger partial charge in [0, 0.05) is 18.9 Å². The van der Waals surface area contributed by atoms with E-state index in [9.17, 15) is 9.59 Å². The summed E-state index contributed by atoms with van der Waals surface area (Å²) in [5.74, 6) is 0.0381. The Morgan fingerprint density at radius 1 is 1.47 bits per heavy atom. The molecule has 1 aromatic rings. The summed E-state index contributed by atoms with van der Waals surface area (Å²) in [6.07, 6.45) is 2.82. The van der Waals surface area contributed by atoms with E-state index in [1.807, 2.05) is 13.8 Å². The lowest BCUT2D eigenvalue weighted by Gasteiger charge is -2.05. The molecule has 82 valence electrons. The third kappa shape index (κ3) is 2.94. The van der Waals surface area contributed by atoms with Crippen LogP contribution in [0.3, 0.4) is 0 Å². The van der Waals surface area contributed by atoms with E-state index in [1.54, 1.807) is 0 Å². The van der Waals surface area contributed by atoms with E-state index in [1.165, 1.54) is 12.3 Å². The standard InChI is InChI=1S/C11H14O4/c1-3-5-10(13)15-11-8(12)6-7-14-9(11)4-2/h6-7H,3-5H2,1-2H3. The van der Waals surface area contributed by atoms with Gasteiger partial charge in [0.15, 0.2) is 0 Å². The lowest BCUT2D eigenvalue weighted by Crippen LogP contribution is -2.15. The second-order valence-electron chi connectivity index (χ2n) is 3.11. The SMILES string of the molecule is CCCC(=O)Oc1c(CC)occc1=O. The minimum absolute atomic E-state index is 0.0263. The smallest absolute Gasteiger partial charge is 0.311 e. The van der Waals surface area contributed by atoms with Crippen LogP contribution in [0.15, 0.2) is 21.5 Å². The van der Waals surface area contributed by atoms with E-state index in [-0.39, 0.29) is 11.2 Å². The van der Waals surface area contributed by atoms with Crippen molar-refractivity contribution in [1.29, 1.82) is 0 Å². The first-order valence-electron chi connectivity index (χ1n) is 5.00. The highest BCUT2D eigenvalue weighted by Gasteiger charge is 2.12. The van der Waals surface area contributed by atoms with E-state index < -0.39 is 5.97 Å². The number of ether oxygens (including phenoxy) is 1. The molecule has 1 rings (SSSR count). The summed E-state index contributed by atoms with van der Waals surface area (Å²) < 4.78 is 10.1. The molecule has 0 unspecified atom stereocenters. The molecule has 4 nitrogen and oxygen atoms in total. The number of rotatable bonds is 4. The fraction of sp³-hybridized carbons (Fsp3) is 0.455. The van der Waals surface area contributed by atoms with Gasteiger partial charge in [0.25, 0.3) is 0 Å². The highest BCUT2D eigenvalue weighted by atomic mass is 16.5. The van der Waals surface area contributed by atoms with Crippen molar-refractivity contribution in [3.63, 3.8) is 0 Å². The summed E-state index contributed by atoms with van der Waals surface area (Å²) in [4.78, 5) is 22.6. The van der Waals surface area contributed by atoms with Gasteiger partial charge in [-0.05, 0) is 6.42 Å². The van der Waals surface area contributed by atoms with Crippen LogP contribution in [0, 0.1) is 0 Å². The molecule has 0 N–H and O–H groups in total. The average molecular weight is 210 g/mol. The molecular weight excluding hydrogens is 196 g/mol. The van der Waals surface area contributed by atoms with Gasteiger partial charge in [-0.15, -0.1) is 0 Å². The molecule has 4 heteroatoms. The first kappa shape index (κ1) is 11.5. The summed E-state index contributed by atoms with van der Waals surface area (Å²) in [7, 11) is 0. The quantitative estimate of drug-likeness (QED) is 0.712. The highest BCUT2D eigenvalue weighted by molar-refractivity contribution is 5.72. The van der Waals surface area contributed by atoms with Gasteiger partial charge in [-0.1, -0.05) is 13.8 Å². The monoisotopic (exact) mass is 210 g/mol. The lowest BCUT2D eigenvalue weighted by molar-refractivity contribution is -0.134. The second-order valence-corrected chi connectivity index (χ2v) is 3.11. The molecule has 0 aromatic carbocycles. The van der Waals surface area contributed by atoms with Crippen molar-refractivity contribution in [3.8, 4) is 5.75 Å². The van der Waals surface area contributed by atoms with Gasteiger partial charge >= 0.3 is 5.97 Å². The van der Waals surface area contributed by atoms with Crippen LogP contribution in [0.25, 0.3) is 0 Å². The van der Waals surface area contributed by atoms with Crippen LogP contribution in [0.1, 0.15) is 32.4 Å². The Morgan fingerprint density at radius 3 is 2.80 bits per heavy atom. The number of esters is 1. The number of aryl methyl sites for hydroxylation is 1. The topological polar surface area (TPSA) is 56.5 Å². The third-order valence-electron chi connectivity index (χ3n) is 1.90. The van der Waals surface area contributed by atoms with Crippen LogP contribution >= 0.6 is 0 Å². The Bertz CT molecular complexity index is 392. The van der Waals surface area contributed by atoms with Crippen molar-refractivity contribution in [2.75, 3.05) is 0 Å². The summed E-state index contributed by atoms with van der Waals surface area (Å²) in [6, 6.07) is 1.24. The Morgan fingerprint density at radius 2 is 2.20 bits per heavy atom. The van der Waals surface area contributed by atoms with Crippen molar-refractivity contribution >= 4 is 5.97 Å². The molecule has 0 saturated heterocycles. The molecule has 0 radical (unpaired) electrons. The summed E-state index contributed by atoms with van der Waals surface area (Å²) in [6.45, 7) is 3.70. The second kappa shape index (κ2) is 5.34. The van der Waals surface area contributed by atoms with Gasteiger partial charge in [0.2, 0.25) is 11.2 Å². The fourth-order valence-corrected chi connectivity index (χ4v) is 1.16. The zero-order valence-corrected chi connectivity index (χ0v) is 8.91.